The summed E-state index contributed by atoms with van der Waals surface area (Å²) < 4.78 is 42.6. The van der Waals surface area contributed by atoms with E-state index in [1.165, 1.54) is 24.3 Å². The molecule has 20 nitrogen and oxygen atoms in total. The van der Waals surface area contributed by atoms with E-state index in [0.717, 1.165) is 24.3 Å². The molecule has 20 heteroatoms. The number of aromatic carboxylic acids is 2. The van der Waals surface area contributed by atoms with E-state index in [4.69, 9.17) is 37.9 Å². The number of esters is 8. The van der Waals surface area contributed by atoms with Crippen LogP contribution in [-0.4, -0.2) is 96.3 Å². The van der Waals surface area contributed by atoms with Crippen LogP contribution in [0, 0.1) is 35.5 Å². The van der Waals surface area contributed by atoms with E-state index in [1.807, 2.05) is 0 Å². The zero-order valence-electron chi connectivity index (χ0n) is 39.9. The van der Waals surface area contributed by atoms with Crippen molar-refractivity contribution in [2.45, 2.75) is 103 Å². The molecule has 4 atom stereocenters. The minimum Gasteiger partial charge on any atom is -0.478 e. The molecule has 0 bridgehead atoms. The van der Waals surface area contributed by atoms with E-state index in [0.29, 0.717) is 89.9 Å². The monoisotopic (exact) mass is 1000 g/mol. The molecular formula is C52H60O20. The van der Waals surface area contributed by atoms with E-state index in [1.54, 1.807) is 0 Å². The summed E-state index contributed by atoms with van der Waals surface area (Å²) in [5.74, 6) is -12.4. The minimum atomic E-state index is -1.46. The van der Waals surface area contributed by atoms with Crippen molar-refractivity contribution in [2.75, 3.05) is 26.4 Å². The molecule has 2 aromatic carbocycles. The summed E-state index contributed by atoms with van der Waals surface area (Å²) in [5, 5.41) is 19.9. The predicted octanol–water partition coefficient (Wildman–Crippen LogP) is 6.93. The maximum Gasteiger partial charge on any atom is 0.339 e. The fourth-order valence-corrected chi connectivity index (χ4v) is 8.69. The summed E-state index contributed by atoms with van der Waals surface area (Å²) in [6, 6.07) is 7.04. The van der Waals surface area contributed by atoms with Gasteiger partial charge in [0.25, 0.3) is 0 Å². The maximum atomic E-state index is 13.4. The smallest absolute Gasteiger partial charge is 0.339 e. The fourth-order valence-electron chi connectivity index (χ4n) is 8.69. The normalized spacial score (nSPS) is 20.5. The Labute approximate surface area is 415 Å². The first-order valence-corrected chi connectivity index (χ1v) is 24.1. The quantitative estimate of drug-likeness (QED) is 0.0354. The van der Waals surface area contributed by atoms with Crippen LogP contribution in [0.3, 0.4) is 0 Å². The Morgan fingerprint density at radius 1 is 0.431 bits per heavy atom. The lowest BCUT2D eigenvalue weighted by Crippen LogP contribution is -2.32. The van der Waals surface area contributed by atoms with Crippen LogP contribution in [-0.2, 0) is 57.3 Å². The van der Waals surface area contributed by atoms with Gasteiger partial charge in [-0.15, -0.1) is 0 Å². The second-order valence-corrected chi connectivity index (χ2v) is 17.8. The topological polar surface area (TPSA) is 285 Å². The van der Waals surface area contributed by atoms with Crippen LogP contribution in [0.25, 0.3) is 0 Å². The second-order valence-electron chi connectivity index (χ2n) is 17.8. The Morgan fingerprint density at radius 3 is 1.12 bits per heavy atom. The molecule has 0 aliphatic heterocycles. The Hall–Kier alpha value is -7.38. The molecule has 3 fully saturated rings. The number of carboxylic acids is 2. The van der Waals surface area contributed by atoms with Crippen molar-refractivity contribution in [3.8, 4) is 23.0 Å². The first-order valence-electron chi connectivity index (χ1n) is 24.1. The van der Waals surface area contributed by atoms with Gasteiger partial charge in [-0.25, -0.2) is 19.2 Å². The first kappa shape index (κ1) is 55.5. The van der Waals surface area contributed by atoms with Crippen LogP contribution < -0.4 is 18.9 Å². The molecule has 0 amide bonds. The highest BCUT2D eigenvalue weighted by atomic mass is 16.6. The summed E-state index contributed by atoms with van der Waals surface area (Å²) in [4.78, 5) is 125. The zero-order valence-corrected chi connectivity index (χ0v) is 39.9. The minimum absolute atomic E-state index is 0.0127. The summed E-state index contributed by atoms with van der Waals surface area (Å²) in [5.41, 5.74) is -0.892. The van der Waals surface area contributed by atoms with Crippen molar-refractivity contribution in [1.29, 1.82) is 0 Å². The average molecular weight is 1010 g/mol. The van der Waals surface area contributed by atoms with Crippen molar-refractivity contribution in [1.82, 2.24) is 0 Å². The Kier molecular flexibility index (Phi) is 21.5. The van der Waals surface area contributed by atoms with Crippen LogP contribution in [0.1, 0.15) is 123 Å². The van der Waals surface area contributed by atoms with Gasteiger partial charge < -0.3 is 48.1 Å². The number of rotatable bonds is 24. The standard InChI is InChI=1S/C52H60O20/c1-3-43(53)65-23-5-7-25-67-47(59)31-15-17-32(18-16-31)49(61)71-41-21-19-37(29-39(41)45(55)56)69-50(62)34-12-10-13-35(28-34)51(63)70-38-20-22-42(40(30-38)46(57)58)72-52(64)36-14-9-11-33(27-36)48(60)68-26-8-6-24-66-44(54)4-2/h3-4,19-22,29-36H,1-2,5-18,23-28H2,(H,55,56)(H,57,58). The molecular weight excluding hydrogens is 945 g/mol. The van der Waals surface area contributed by atoms with Gasteiger partial charge in [0.05, 0.1) is 61.9 Å². The third kappa shape index (κ3) is 16.9. The first-order chi connectivity index (χ1) is 34.6. The largest absolute Gasteiger partial charge is 0.478 e. The van der Waals surface area contributed by atoms with Crippen molar-refractivity contribution >= 4 is 59.7 Å². The van der Waals surface area contributed by atoms with E-state index in [9.17, 15) is 58.2 Å². The predicted molar refractivity (Wildman–Crippen MR) is 248 cm³/mol. The molecule has 0 spiro atoms. The molecule has 0 aromatic heterocycles. The fraction of sp³-hybridized carbons (Fsp3) is 0.500. The Bertz CT molecular complexity index is 2340. The maximum absolute atomic E-state index is 13.4. The van der Waals surface area contributed by atoms with Crippen molar-refractivity contribution in [2.24, 2.45) is 35.5 Å². The lowest BCUT2D eigenvalue weighted by Gasteiger charge is -2.27. The number of unbranched alkanes of at least 4 members (excludes halogenated alkanes) is 2. The highest BCUT2D eigenvalue weighted by Crippen LogP contribution is 2.36. The number of carboxylic acid groups (broad SMARTS) is 2. The number of benzene rings is 2. The molecule has 4 unspecified atom stereocenters. The number of carbonyl (C=O) groups is 10. The number of hydrogen-bond acceptors (Lipinski definition) is 18. The van der Waals surface area contributed by atoms with Gasteiger partial charge in [0.15, 0.2) is 0 Å². The van der Waals surface area contributed by atoms with Crippen LogP contribution in [0.4, 0.5) is 0 Å². The van der Waals surface area contributed by atoms with Gasteiger partial charge in [0, 0.05) is 12.2 Å². The van der Waals surface area contributed by atoms with Crippen molar-refractivity contribution in [3.05, 3.63) is 72.8 Å². The molecule has 0 radical (unpaired) electrons. The number of hydrogen-bond donors (Lipinski definition) is 2. The highest BCUT2D eigenvalue weighted by Gasteiger charge is 2.37. The summed E-state index contributed by atoms with van der Waals surface area (Å²) in [6.45, 7) is 7.23. The molecule has 3 saturated carbocycles. The molecule has 0 heterocycles. The van der Waals surface area contributed by atoms with Gasteiger partial charge in [0.2, 0.25) is 0 Å². The lowest BCUT2D eigenvalue weighted by atomic mass is 9.81. The Morgan fingerprint density at radius 2 is 0.750 bits per heavy atom. The summed E-state index contributed by atoms with van der Waals surface area (Å²) in [7, 11) is 0. The number of carbonyl (C=O) groups excluding carboxylic acids is 8. The molecule has 3 aliphatic rings. The zero-order chi connectivity index (χ0) is 52.2. The van der Waals surface area contributed by atoms with Gasteiger partial charge in [0.1, 0.15) is 34.1 Å². The van der Waals surface area contributed by atoms with Gasteiger partial charge in [-0.3, -0.25) is 28.8 Å². The molecule has 3 aliphatic carbocycles. The molecule has 2 aromatic rings. The van der Waals surface area contributed by atoms with E-state index in [2.05, 4.69) is 13.2 Å². The highest BCUT2D eigenvalue weighted by molar-refractivity contribution is 5.94. The third-order valence-electron chi connectivity index (χ3n) is 12.7. The molecule has 2 N–H and O–H groups in total. The molecule has 0 saturated heterocycles. The van der Waals surface area contributed by atoms with Gasteiger partial charge in [-0.2, -0.15) is 0 Å². The molecule has 5 rings (SSSR count). The van der Waals surface area contributed by atoms with Crippen LogP contribution in [0.5, 0.6) is 23.0 Å². The van der Waals surface area contributed by atoms with E-state index in [-0.39, 0.29) is 68.2 Å². The van der Waals surface area contributed by atoms with Gasteiger partial charge in [-0.1, -0.05) is 26.0 Å². The van der Waals surface area contributed by atoms with E-state index < -0.39 is 100 Å². The van der Waals surface area contributed by atoms with Crippen molar-refractivity contribution < 1.29 is 96.1 Å². The van der Waals surface area contributed by atoms with Gasteiger partial charge >= 0.3 is 59.7 Å². The lowest BCUT2D eigenvalue weighted by molar-refractivity contribution is -0.153. The van der Waals surface area contributed by atoms with E-state index >= 15 is 0 Å². The third-order valence-corrected chi connectivity index (χ3v) is 12.7. The summed E-state index contributed by atoms with van der Waals surface area (Å²) >= 11 is 0. The second kappa shape index (κ2) is 27.9. The molecule has 388 valence electrons. The average Bonchev–Trinajstić information content (AvgIpc) is 3.38. The van der Waals surface area contributed by atoms with Crippen LogP contribution in [0.2, 0.25) is 0 Å². The Balaban J connectivity index is 1.07. The van der Waals surface area contributed by atoms with Crippen LogP contribution in [0.15, 0.2) is 61.7 Å². The molecule has 72 heavy (non-hydrogen) atoms. The van der Waals surface area contributed by atoms with Gasteiger partial charge in [-0.05, 0) is 126 Å². The summed E-state index contributed by atoms with van der Waals surface area (Å²) in [6.07, 6.45) is 8.14. The van der Waals surface area contributed by atoms with Crippen molar-refractivity contribution in [3.63, 3.8) is 0 Å². The number of ether oxygens (including phenoxy) is 8. The van der Waals surface area contributed by atoms with Crippen LogP contribution >= 0.6 is 0 Å². The SMILES string of the molecule is C=CC(=O)OCCCCOC(=O)C1CCC(C(=O)Oc2ccc(OC(=O)C3CCCC(C(=O)Oc4ccc(OC(=O)C5CCCC(C(=O)OCCCCOC(=O)C=C)C5)c(C(=O)O)c4)C3)cc2C(=O)O)CC1.